The van der Waals surface area contributed by atoms with Gasteiger partial charge in [-0.2, -0.15) is 0 Å². The molecule has 20 heavy (non-hydrogen) atoms. The topological polar surface area (TPSA) is 59.0 Å². The van der Waals surface area contributed by atoms with Crippen LogP contribution in [0.2, 0.25) is 0 Å². The van der Waals surface area contributed by atoms with Crippen molar-refractivity contribution in [3.63, 3.8) is 0 Å². The molecule has 1 aromatic carbocycles. The van der Waals surface area contributed by atoms with E-state index in [4.69, 9.17) is 9.47 Å². The lowest BCUT2D eigenvalue weighted by molar-refractivity contribution is -0.144. The molecule has 0 aromatic heterocycles. The Kier molecular flexibility index (Phi) is 4.84. The predicted octanol–water partition coefficient (Wildman–Crippen LogP) is 1.73. The van der Waals surface area contributed by atoms with Crippen LogP contribution in [0.15, 0.2) is 24.3 Å². The summed E-state index contributed by atoms with van der Waals surface area (Å²) < 4.78 is 10.7. The number of aliphatic carboxylic acids is 1. The van der Waals surface area contributed by atoms with Gasteiger partial charge in [0, 0.05) is 6.54 Å². The summed E-state index contributed by atoms with van der Waals surface area (Å²) in [6.45, 7) is 1.99. The van der Waals surface area contributed by atoms with E-state index in [0.29, 0.717) is 5.75 Å². The van der Waals surface area contributed by atoms with Crippen LogP contribution in [0.25, 0.3) is 0 Å². The molecule has 0 saturated carbocycles. The summed E-state index contributed by atoms with van der Waals surface area (Å²) in [6.07, 6.45) is 0.916. The summed E-state index contributed by atoms with van der Waals surface area (Å²) in [4.78, 5) is 13.6. The van der Waals surface area contributed by atoms with E-state index >= 15 is 0 Å². The zero-order chi connectivity index (χ0) is 14.5. The summed E-state index contributed by atoms with van der Waals surface area (Å²) in [5, 5.41) is 9.36. The largest absolute Gasteiger partial charge is 0.497 e. The molecule has 1 fully saturated rings. The SMILES string of the molecule is COc1ccc(OCC(C(=O)O)C2CCN(C)C2)cc1. The Morgan fingerprint density at radius 2 is 2.05 bits per heavy atom. The summed E-state index contributed by atoms with van der Waals surface area (Å²) >= 11 is 0. The Balaban J connectivity index is 1.93. The number of hydrogen-bond acceptors (Lipinski definition) is 4. The molecule has 0 amide bonds. The maximum absolute atomic E-state index is 11.4. The van der Waals surface area contributed by atoms with Crippen molar-refractivity contribution >= 4 is 5.97 Å². The van der Waals surface area contributed by atoms with Crippen molar-refractivity contribution in [3.05, 3.63) is 24.3 Å². The molecule has 5 nitrogen and oxygen atoms in total. The molecule has 0 radical (unpaired) electrons. The first-order chi connectivity index (χ1) is 9.60. The number of benzene rings is 1. The highest BCUT2D eigenvalue weighted by molar-refractivity contribution is 5.70. The van der Waals surface area contributed by atoms with E-state index in [1.165, 1.54) is 0 Å². The van der Waals surface area contributed by atoms with Crippen molar-refractivity contribution in [1.29, 1.82) is 0 Å². The van der Waals surface area contributed by atoms with E-state index in [1.807, 2.05) is 7.05 Å². The number of carbonyl (C=O) groups is 1. The van der Waals surface area contributed by atoms with Gasteiger partial charge in [0.25, 0.3) is 0 Å². The second kappa shape index (κ2) is 6.61. The minimum atomic E-state index is -0.779. The molecule has 1 saturated heterocycles. The van der Waals surface area contributed by atoms with Crippen LogP contribution in [0.5, 0.6) is 11.5 Å². The molecular formula is C15H21NO4. The third kappa shape index (κ3) is 3.63. The minimum absolute atomic E-state index is 0.163. The van der Waals surface area contributed by atoms with E-state index in [2.05, 4.69) is 4.90 Å². The fourth-order valence-corrected chi connectivity index (χ4v) is 2.56. The molecule has 1 N–H and O–H groups in total. The quantitative estimate of drug-likeness (QED) is 0.859. The first kappa shape index (κ1) is 14.7. The molecule has 0 aliphatic carbocycles. The molecule has 1 heterocycles. The van der Waals surface area contributed by atoms with Gasteiger partial charge in [-0.15, -0.1) is 0 Å². The lowest BCUT2D eigenvalue weighted by atomic mass is 9.92. The first-order valence-corrected chi connectivity index (χ1v) is 6.78. The zero-order valence-electron chi connectivity index (χ0n) is 11.9. The standard InChI is InChI=1S/C15H21NO4/c1-16-8-7-11(9-16)14(15(17)18)10-20-13-5-3-12(19-2)4-6-13/h3-6,11,14H,7-10H2,1-2H3,(H,17,18). The molecule has 2 unspecified atom stereocenters. The number of rotatable bonds is 6. The van der Waals surface area contributed by atoms with Crippen LogP contribution < -0.4 is 9.47 Å². The summed E-state index contributed by atoms with van der Waals surface area (Å²) in [5.74, 6) is 0.351. The first-order valence-electron chi connectivity index (χ1n) is 6.78. The van der Waals surface area contributed by atoms with E-state index in [1.54, 1.807) is 31.4 Å². The molecule has 1 aromatic rings. The highest BCUT2D eigenvalue weighted by atomic mass is 16.5. The fraction of sp³-hybridized carbons (Fsp3) is 0.533. The van der Waals surface area contributed by atoms with Crippen LogP contribution in [0.3, 0.4) is 0 Å². The van der Waals surface area contributed by atoms with Crippen LogP contribution in [0.4, 0.5) is 0 Å². The van der Waals surface area contributed by atoms with Gasteiger partial charge in [-0.05, 0) is 50.2 Å². The van der Waals surface area contributed by atoms with E-state index < -0.39 is 11.9 Å². The Morgan fingerprint density at radius 3 is 2.55 bits per heavy atom. The Bertz CT molecular complexity index is 446. The van der Waals surface area contributed by atoms with Crippen molar-refractivity contribution in [2.75, 3.05) is 33.9 Å². The maximum Gasteiger partial charge on any atom is 0.310 e. The molecule has 0 spiro atoms. The summed E-state index contributed by atoms with van der Waals surface area (Å²) in [6, 6.07) is 7.18. The van der Waals surface area contributed by atoms with Gasteiger partial charge in [0.1, 0.15) is 18.1 Å². The predicted molar refractivity (Wildman–Crippen MR) is 75.2 cm³/mol. The van der Waals surface area contributed by atoms with Gasteiger partial charge in [0.05, 0.1) is 13.0 Å². The molecule has 110 valence electrons. The monoisotopic (exact) mass is 279 g/mol. The summed E-state index contributed by atoms with van der Waals surface area (Å²) in [7, 11) is 3.62. The van der Waals surface area contributed by atoms with Gasteiger partial charge < -0.3 is 19.5 Å². The minimum Gasteiger partial charge on any atom is -0.497 e. The van der Waals surface area contributed by atoms with Crippen molar-refractivity contribution in [2.24, 2.45) is 11.8 Å². The lowest BCUT2D eigenvalue weighted by Gasteiger charge is -2.20. The summed E-state index contributed by atoms with van der Waals surface area (Å²) in [5.41, 5.74) is 0. The molecule has 2 atom stereocenters. The van der Waals surface area contributed by atoms with Gasteiger partial charge in [0.2, 0.25) is 0 Å². The van der Waals surface area contributed by atoms with Crippen LogP contribution in [0.1, 0.15) is 6.42 Å². The molecule has 5 heteroatoms. The average Bonchev–Trinajstić information content (AvgIpc) is 2.86. The molecule has 1 aliphatic heterocycles. The zero-order valence-corrected chi connectivity index (χ0v) is 11.9. The number of likely N-dealkylation sites (tertiary alicyclic amines) is 1. The van der Waals surface area contributed by atoms with Crippen LogP contribution >= 0.6 is 0 Å². The highest BCUT2D eigenvalue weighted by Crippen LogP contribution is 2.25. The molecule has 2 rings (SSSR count). The third-order valence-corrected chi connectivity index (χ3v) is 3.80. The van der Waals surface area contributed by atoms with Gasteiger partial charge in [-0.1, -0.05) is 0 Å². The Hall–Kier alpha value is -1.75. The van der Waals surface area contributed by atoms with Crippen molar-refractivity contribution < 1.29 is 19.4 Å². The molecule has 0 bridgehead atoms. The van der Waals surface area contributed by atoms with Crippen molar-refractivity contribution in [3.8, 4) is 11.5 Å². The van der Waals surface area contributed by atoms with Crippen LogP contribution in [0, 0.1) is 11.8 Å². The lowest BCUT2D eigenvalue weighted by Crippen LogP contribution is -2.31. The van der Waals surface area contributed by atoms with E-state index in [9.17, 15) is 9.90 Å². The second-order valence-corrected chi connectivity index (χ2v) is 5.24. The Labute approximate surface area is 119 Å². The van der Waals surface area contributed by atoms with Crippen molar-refractivity contribution in [2.45, 2.75) is 6.42 Å². The average molecular weight is 279 g/mol. The fourth-order valence-electron chi connectivity index (χ4n) is 2.56. The van der Waals surface area contributed by atoms with E-state index in [-0.39, 0.29) is 12.5 Å². The Morgan fingerprint density at radius 1 is 1.40 bits per heavy atom. The number of nitrogens with zero attached hydrogens (tertiary/aromatic N) is 1. The van der Waals surface area contributed by atoms with Crippen LogP contribution in [-0.4, -0.2) is 49.8 Å². The number of carboxylic acid groups (broad SMARTS) is 1. The number of carboxylic acids is 1. The number of ether oxygens (including phenoxy) is 2. The maximum atomic E-state index is 11.4. The van der Waals surface area contributed by atoms with Gasteiger partial charge in [0.15, 0.2) is 0 Å². The van der Waals surface area contributed by atoms with Gasteiger partial charge in [-0.3, -0.25) is 4.79 Å². The second-order valence-electron chi connectivity index (χ2n) is 5.24. The normalized spacial score (nSPS) is 20.6. The smallest absolute Gasteiger partial charge is 0.310 e. The third-order valence-electron chi connectivity index (χ3n) is 3.80. The van der Waals surface area contributed by atoms with Gasteiger partial charge in [-0.25, -0.2) is 0 Å². The number of methoxy groups -OCH3 is 1. The van der Waals surface area contributed by atoms with E-state index in [0.717, 1.165) is 25.3 Å². The molecule has 1 aliphatic rings. The highest BCUT2D eigenvalue weighted by Gasteiger charge is 2.33. The van der Waals surface area contributed by atoms with Crippen LogP contribution in [-0.2, 0) is 4.79 Å². The number of hydrogen-bond donors (Lipinski definition) is 1. The van der Waals surface area contributed by atoms with Gasteiger partial charge >= 0.3 is 5.97 Å². The molecular weight excluding hydrogens is 258 g/mol. The van der Waals surface area contributed by atoms with Crippen molar-refractivity contribution in [1.82, 2.24) is 4.90 Å².